The van der Waals surface area contributed by atoms with Gasteiger partial charge in [-0.15, -0.1) is 0 Å². The Morgan fingerprint density at radius 1 is 0.970 bits per heavy atom. The van der Waals surface area contributed by atoms with E-state index < -0.39 is 17.6 Å². The molecule has 0 bridgehead atoms. The van der Waals surface area contributed by atoms with Gasteiger partial charge in [-0.05, 0) is 47.9 Å². The van der Waals surface area contributed by atoms with Crippen LogP contribution in [0.25, 0.3) is 11.1 Å². The Bertz CT molecular complexity index is 1050. The highest BCUT2D eigenvalue weighted by Crippen LogP contribution is 2.44. The number of hydrogen-bond acceptors (Lipinski definition) is 4. The molecule has 2 saturated carbocycles. The first kappa shape index (κ1) is 21.5. The second-order valence-electron chi connectivity index (χ2n) is 9.45. The number of hydrogen-bond donors (Lipinski definition) is 3. The molecule has 0 spiro atoms. The van der Waals surface area contributed by atoms with E-state index in [0.717, 1.165) is 17.5 Å². The Balaban J connectivity index is 1.19. The van der Waals surface area contributed by atoms with Crippen molar-refractivity contribution in [2.45, 2.75) is 56.0 Å². The van der Waals surface area contributed by atoms with Gasteiger partial charge in [0.15, 0.2) is 0 Å². The first-order valence-electron chi connectivity index (χ1n) is 11.6. The SMILES string of the molecule is O=C(O)CC1(NC(=O)C2CCCC2NC(=O)OCC2c3ccccc3-c3ccccc32)CC1. The number of carboxylic acids is 1. The molecule has 2 atom stereocenters. The summed E-state index contributed by atoms with van der Waals surface area (Å²) in [6.07, 6.45) is 2.99. The van der Waals surface area contributed by atoms with Crippen LogP contribution in [-0.2, 0) is 14.3 Å². The van der Waals surface area contributed by atoms with Gasteiger partial charge < -0.3 is 20.5 Å². The molecule has 3 aliphatic rings. The number of benzene rings is 2. The van der Waals surface area contributed by atoms with E-state index in [1.807, 2.05) is 24.3 Å². The molecule has 2 fully saturated rings. The monoisotopic (exact) mass is 448 g/mol. The average molecular weight is 449 g/mol. The van der Waals surface area contributed by atoms with Gasteiger partial charge in [-0.3, -0.25) is 9.59 Å². The summed E-state index contributed by atoms with van der Waals surface area (Å²) in [4.78, 5) is 36.5. The lowest BCUT2D eigenvalue weighted by Crippen LogP contribution is -2.48. The van der Waals surface area contributed by atoms with Crippen molar-refractivity contribution in [2.75, 3.05) is 6.61 Å². The van der Waals surface area contributed by atoms with Crippen LogP contribution in [-0.4, -0.2) is 41.3 Å². The standard InChI is InChI=1S/C26H28N2O5/c29-23(30)14-26(12-13-26)28-24(31)20-10-5-11-22(20)27-25(32)33-15-21-18-8-3-1-6-16(18)17-7-2-4-9-19(17)21/h1-4,6-9,20-22H,5,10-15H2,(H,27,32)(H,28,31)(H,29,30). The summed E-state index contributed by atoms with van der Waals surface area (Å²) in [7, 11) is 0. The van der Waals surface area contributed by atoms with Crippen LogP contribution in [0.3, 0.4) is 0 Å². The summed E-state index contributed by atoms with van der Waals surface area (Å²) in [5.41, 5.74) is 4.03. The smallest absolute Gasteiger partial charge is 0.407 e. The fourth-order valence-electron chi connectivity index (χ4n) is 5.38. The van der Waals surface area contributed by atoms with Gasteiger partial charge >= 0.3 is 12.1 Å². The molecule has 3 N–H and O–H groups in total. The third kappa shape index (κ3) is 4.32. The second kappa shape index (κ2) is 8.54. The number of carboxylic acid groups (broad SMARTS) is 1. The topological polar surface area (TPSA) is 105 Å². The fraction of sp³-hybridized carbons (Fsp3) is 0.423. The Hall–Kier alpha value is -3.35. The third-order valence-corrected chi connectivity index (χ3v) is 7.23. The number of alkyl carbamates (subject to hydrolysis) is 1. The Morgan fingerprint density at radius 2 is 1.61 bits per heavy atom. The zero-order valence-electron chi connectivity index (χ0n) is 18.4. The summed E-state index contributed by atoms with van der Waals surface area (Å²) >= 11 is 0. The molecular weight excluding hydrogens is 420 g/mol. The average Bonchev–Trinajstić information content (AvgIpc) is 3.24. The number of aliphatic carboxylic acids is 1. The van der Waals surface area contributed by atoms with E-state index in [1.54, 1.807) is 0 Å². The van der Waals surface area contributed by atoms with E-state index in [0.29, 0.717) is 25.7 Å². The maximum absolute atomic E-state index is 12.8. The lowest BCUT2D eigenvalue weighted by Gasteiger charge is -2.24. The maximum atomic E-state index is 12.8. The van der Waals surface area contributed by atoms with Crippen LogP contribution in [0.5, 0.6) is 0 Å². The first-order valence-corrected chi connectivity index (χ1v) is 11.6. The Labute approximate surface area is 192 Å². The molecule has 2 aromatic carbocycles. The molecule has 7 heteroatoms. The predicted octanol–water partition coefficient (Wildman–Crippen LogP) is 3.82. The van der Waals surface area contributed by atoms with Gasteiger partial charge in [0.1, 0.15) is 6.61 Å². The van der Waals surface area contributed by atoms with Crippen molar-refractivity contribution in [1.29, 1.82) is 0 Å². The van der Waals surface area contributed by atoms with E-state index in [2.05, 4.69) is 34.9 Å². The summed E-state index contributed by atoms with van der Waals surface area (Å²) in [6, 6.07) is 16.0. The van der Waals surface area contributed by atoms with E-state index in [1.165, 1.54) is 11.1 Å². The number of rotatable bonds is 7. The van der Waals surface area contributed by atoms with Gasteiger partial charge in [0.25, 0.3) is 0 Å². The summed E-state index contributed by atoms with van der Waals surface area (Å²) in [6.45, 7) is 0.227. The van der Waals surface area contributed by atoms with Crippen LogP contribution >= 0.6 is 0 Å². The molecule has 3 aliphatic carbocycles. The lowest BCUT2D eigenvalue weighted by atomic mass is 9.98. The highest BCUT2D eigenvalue weighted by atomic mass is 16.5. The van der Waals surface area contributed by atoms with Crippen molar-refractivity contribution in [1.82, 2.24) is 10.6 Å². The molecule has 0 saturated heterocycles. The highest BCUT2D eigenvalue weighted by Gasteiger charge is 2.48. The van der Waals surface area contributed by atoms with Crippen molar-refractivity contribution in [3.63, 3.8) is 0 Å². The van der Waals surface area contributed by atoms with Gasteiger partial charge in [-0.25, -0.2) is 4.79 Å². The fourth-order valence-corrected chi connectivity index (χ4v) is 5.38. The minimum atomic E-state index is -0.910. The van der Waals surface area contributed by atoms with Crippen molar-refractivity contribution in [3.8, 4) is 11.1 Å². The quantitative estimate of drug-likeness (QED) is 0.597. The van der Waals surface area contributed by atoms with Crippen LogP contribution < -0.4 is 10.6 Å². The van der Waals surface area contributed by atoms with Gasteiger partial charge in [0.2, 0.25) is 5.91 Å². The number of fused-ring (bicyclic) bond motifs is 3. The number of ether oxygens (including phenoxy) is 1. The van der Waals surface area contributed by atoms with Crippen molar-refractivity contribution in [3.05, 3.63) is 59.7 Å². The molecule has 2 unspecified atom stereocenters. The predicted molar refractivity (Wildman–Crippen MR) is 122 cm³/mol. The van der Waals surface area contributed by atoms with E-state index in [9.17, 15) is 14.4 Å². The largest absolute Gasteiger partial charge is 0.481 e. The molecule has 2 amide bonds. The molecule has 2 aromatic rings. The van der Waals surface area contributed by atoms with Crippen LogP contribution in [0.4, 0.5) is 4.79 Å². The molecular formula is C26H28N2O5. The van der Waals surface area contributed by atoms with Crippen molar-refractivity contribution < 1.29 is 24.2 Å². The highest BCUT2D eigenvalue weighted by molar-refractivity contribution is 5.83. The van der Waals surface area contributed by atoms with E-state index in [4.69, 9.17) is 9.84 Å². The number of carbonyl (C=O) groups is 3. The summed E-state index contributed by atoms with van der Waals surface area (Å²) in [5, 5.41) is 14.9. The molecule has 0 heterocycles. The van der Waals surface area contributed by atoms with Gasteiger partial charge in [-0.2, -0.15) is 0 Å². The number of amides is 2. The lowest BCUT2D eigenvalue weighted by molar-refractivity contribution is -0.138. The second-order valence-corrected chi connectivity index (χ2v) is 9.45. The molecule has 172 valence electrons. The van der Waals surface area contributed by atoms with E-state index >= 15 is 0 Å². The molecule has 33 heavy (non-hydrogen) atoms. The molecule has 0 radical (unpaired) electrons. The first-order chi connectivity index (χ1) is 16.0. The number of carbonyl (C=O) groups excluding carboxylic acids is 2. The Morgan fingerprint density at radius 3 is 2.21 bits per heavy atom. The normalized spacial score (nSPS) is 22.2. The maximum Gasteiger partial charge on any atom is 0.407 e. The summed E-state index contributed by atoms with van der Waals surface area (Å²) in [5.74, 6) is -1.46. The minimum absolute atomic E-state index is 0.0171. The van der Waals surface area contributed by atoms with Gasteiger partial charge in [-0.1, -0.05) is 55.0 Å². The minimum Gasteiger partial charge on any atom is -0.481 e. The number of nitrogens with one attached hydrogen (secondary N) is 2. The van der Waals surface area contributed by atoms with Crippen LogP contribution in [0, 0.1) is 5.92 Å². The van der Waals surface area contributed by atoms with Crippen LogP contribution in [0.1, 0.15) is 55.6 Å². The van der Waals surface area contributed by atoms with Crippen LogP contribution in [0.15, 0.2) is 48.5 Å². The molecule has 7 nitrogen and oxygen atoms in total. The molecule has 0 aliphatic heterocycles. The third-order valence-electron chi connectivity index (χ3n) is 7.23. The molecule has 0 aromatic heterocycles. The summed E-state index contributed by atoms with van der Waals surface area (Å²) < 4.78 is 5.64. The van der Waals surface area contributed by atoms with Gasteiger partial charge in [0, 0.05) is 12.0 Å². The molecule has 5 rings (SSSR count). The van der Waals surface area contributed by atoms with E-state index in [-0.39, 0.29) is 36.8 Å². The van der Waals surface area contributed by atoms with Crippen molar-refractivity contribution >= 4 is 18.0 Å². The zero-order chi connectivity index (χ0) is 23.0. The zero-order valence-corrected chi connectivity index (χ0v) is 18.4. The van der Waals surface area contributed by atoms with Crippen LogP contribution in [0.2, 0.25) is 0 Å². The van der Waals surface area contributed by atoms with Crippen molar-refractivity contribution in [2.24, 2.45) is 5.92 Å². The van der Waals surface area contributed by atoms with Gasteiger partial charge in [0.05, 0.1) is 17.9 Å². The Kier molecular flexibility index (Phi) is 5.56.